The first-order valence-corrected chi connectivity index (χ1v) is 10.7. The SMILES string of the molecule is CCOc1ccc(OCC)c(NS(=O)(=O)c2cc(-c3ccno3)sc2C)c1. The Bertz CT molecular complexity index is 1010. The minimum Gasteiger partial charge on any atom is -0.494 e. The molecule has 9 heteroatoms. The normalized spacial score (nSPS) is 11.4. The predicted molar refractivity (Wildman–Crippen MR) is 104 cm³/mol. The fourth-order valence-corrected chi connectivity index (χ4v) is 5.13. The number of benzene rings is 1. The van der Waals surface area contributed by atoms with E-state index in [1.54, 1.807) is 37.3 Å². The van der Waals surface area contributed by atoms with Gasteiger partial charge in [0.05, 0.1) is 30.0 Å². The van der Waals surface area contributed by atoms with Gasteiger partial charge in [-0.25, -0.2) is 8.42 Å². The van der Waals surface area contributed by atoms with E-state index in [1.807, 2.05) is 13.8 Å². The summed E-state index contributed by atoms with van der Waals surface area (Å²) in [5.74, 6) is 1.52. The number of hydrogen-bond acceptors (Lipinski definition) is 7. The van der Waals surface area contributed by atoms with Crippen LogP contribution in [0.4, 0.5) is 5.69 Å². The van der Waals surface area contributed by atoms with Gasteiger partial charge in [-0.3, -0.25) is 4.72 Å². The van der Waals surface area contributed by atoms with E-state index in [0.717, 1.165) is 0 Å². The maximum atomic E-state index is 13.0. The Hall–Kier alpha value is -2.52. The largest absolute Gasteiger partial charge is 0.494 e. The summed E-state index contributed by atoms with van der Waals surface area (Å²) < 4.78 is 44.7. The van der Waals surface area contributed by atoms with Crippen LogP contribution in [0.2, 0.25) is 0 Å². The number of aryl methyl sites for hydroxylation is 1. The van der Waals surface area contributed by atoms with Crippen LogP contribution in [0, 0.1) is 6.92 Å². The molecule has 0 saturated heterocycles. The predicted octanol–water partition coefficient (Wildman–Crippen LogP) is 4.31. The van der Waals surface area contributed by atoms with Crippen molar-refractivity contribution in [2.75, 3.05) is 17.9 Å². The van der Waals surface area contributed by atoms with Gasteiger partial charge >= 0.3 is 0 Å². The average Bonchev–Trinajstić information content (AvgIpc) is 3.27. The third-order valence-electron chi connectivity index (χ3n) is 3.65. The van der Waals surface area contributed by atoms with Crippen molar-refractivity contribution in [3.63, 3.8) is 0 Å². The zero-order valence-electron chi connectivity index (χ0n) is 15.2. The van der Waals surface area contributed by atoms with E-state index in [9.17, 15) is 8.42 Å². The van der Waals surface area contributed by atoms with Crippen LogP contribution in [0.25, 0.3) is 10.6 Å². The number of aromatic nitrogens is 1. The Morgan fingerprint density at radius 3 is 2.59 bits per heavy atom. The summed E-state index contributed by atoms with van der Waals surface area (Å²) in [7, 11) is -3.82. The minimum absolute atomic E-state index is 0.183. The van der Waals surface area contributed by atoms with E-state index >= 15 is 0 Å². The van der Waals surface area contributed by atoms with Crippen molar-refractivity contribution in [1.82, 2.24) is 5.16 Å². The second-order valence-electron chi connectivity index (χ2n) is 5.54. The van der Waals surface area contributed by atoms with Crippen LogP contribution in [-0.2, 0) is 10.0 Å². The molecule has 7 nitrogen and oxygen atoms in total. The molecule has 0 amide bonds. The van der Waals surface area contributed by atoms with E-state index in [1.165, 1.54) is 17.5 Å². The first kappa shape index (κ1) is 19.2. The molecule has 0 unspecified atom stereocenters. The van der Waals surface area contributed by atoms with Gasteiger partial charge in [0, 0.05) is 17.0 Å². The van der Waals surface area contributed by atoms with E-state index in [2.05, 4.69) is 9.88 Å². The summed E-state index contributed by atoms with van der Waals surface area (Å²) >= 11 is 1.33. The van der Waals surface area contributed by atoms with E-state index < -0.39 is 10.0 Å². The molecular weight excluding hydrogens is 388 g/mol. The van der Waals surface area contributed by atoms with Gasteiger partial charge in [-0.05, 0) is 39.0 Å². The van der Waals surface area contributed by atoms with E-state index in [4.69, 9.17) is 14.0 Å². The zero-order valence-corrected chi connectivity index (χ0v) is 16.8. The number of thiophene rings is 1. The standard InChI is InChI=1S/C18H20N2O5S2/c1-4-23-13-6-7-15(24-5-2)14(10-13)20-27(21,22)18-11-17(26-12(18)3)16-8-9-19-25-16/h6-11,20H,4-5H2,1-3H3. The lowest BCUT2D eigenvalue weighted by Crippen LogP contribution is -2.14. The summed E-state index contributed by atoms with van der Waals surface area (Å²) in [4.78, 5) is 1.52. The Labute approximate surface area is 162 Å². The van der Waals surface area contributed by atoms with Crippen LogP contribution in [0.5, 0.6) is 11.5 Å². The molecule has 0 atom stereocenters. The molecule has 144 valence electrons. The monoisotopic (exact) mass is 408 g/mol. The quantitative estimate of drug-likeness (QED) is 0.597. The Morgan fingerprint density at radius 2 is 1.93 bits per heavy atom. The van der Waals surface area contributed by atoms with Gasteiger partial charge in [0.1, 0.15) is 16.4 Å². The van der Waals surface area contributed by atoms with E-state index in [0.29, 0.717) is 45.9 Å². The number of anilines is 1. The molecule has 1 N–H and O–H groups in total. The molecule has 0 aliphatic carbocycles. The molecule has 1 aromatic carbocycles. The van der Waals surface area contributed by atoms with Crippen LogP contribution >= 0.6 is 11.3 Å². The van der Waals surface area contributed by atoms with Crippen LogP contribution in [0.3, 0.4) is 0 Å². The molecule has 0 spiro atoms. The fraction of sp³-hybridized carbons (Fsp3) is 0.278. The zero-order chi connectivity index (χ0) is 19.4. The maximum absolute atomic E-state index is 13.0. The summed E-state index contributed by atoms with van der Waals surface area (Å²) in [6, 6.07) is 8.31. The second-order valence-corrected chi connectivity index (χ2v) is 8.44. The van der Waals surface area contributed by atoms with Crippen molar-refractivity contribution >= 4 is 27.0 Å². The lowest BCUT2D eigenvalue weighted by Gasteiger charge is -2.14. The number of nitrogens with one attached hydrogen (secondary N) is 1. The van der Waals surface area contributed by atoms with Gasteiger partial charge in [0.2, 0.25) is 0 Å². The highest BCUT2D eigenvalue weighted by Gasteiger charge is 2.23. The lowest BCUT2D eigenvalue weighted by atomic mass is 10.3. The van der Waals surface area contributed by atoms with Crippen LogP contribution in [0.1, 0.15) is 18.7 Å². The molecule has 0 aliphatic rings. The van der Waals surface area contributed by atoms with Crippen LogP contribution in [0.15, 0.2) is 45.9 Å². The number of sulfonamides is 1. The van der Waals surface area contributed by atoms with Gasteiger partial charge in [0.25, 0.3) is 10.0 Å². The fourth-order valence-electron chi connectivity index (χ4n) is 2.52. The Kier molecular flexibility index (Phi) is 5.71. The summed E-state index contributed by atoms with van der Waals surface area (Å²) in [5, 5.41) is 3.66. The first-order chi connectivity index (χ1) is 12.9. The molecule has 0 radical (unpaired) electrons. The summed E-state index contributed by atoms with van der Waals surface area (Å²) in [5.41, 5.74) is 0.328. The molecule has 0 aliphatic heterocycles. The molecule has 3 rings (SSSR count). The molecule has 2 aromatic heterocycles. The van der Waals surface area contributed by atoms with Gasteiger partial charge in [-0.1, -0.05) is 5.16 Å². The molecule has 0 fully saturated rings. The number of nitrogens with zero attached hydrogens (tertiary/aromatic N) is 1. The number of ether oxygens (including phenoxy) is 2. The van der Waals surface area contributed by atoms with Crippen molar-refractivity contribution in [2.45, 2.75) is 25.7 Å². The van der Waals surface area contributed by atoms with Crippen LogP contribution < -0.4 is 14.2 Å². The molecular formula is C18H20N2O5S2. The third-order valence-corrected chi connectivity index (χ3v) is 6.33. The first-order valence-electron chi connectivity index (χ1n) is 8.38. The smallest absolute Gasteiger partial charge is 0.263 e. The van der Waals surface area contributed by atoms with Crippen molar-refractivity contribution in [1.29, 1.82) is 0 Å². The lowest BCUT2D eigenvalue weighted by molar-refractivity contribution is 0.332. The maximum Gasteiger partial charge on any atom is 0.263 e. The number of rotatable bonds is 8. The Balaban J connectivity index is 1.96. The number of hydrogen-bond donors (Lipinski definition) is 1. The topological polar surface area (TPSA) is 90.7 Å². The highest BCUT2D eigenvalue weighted by Crippen LogP contribution is 2.36. The average molecular weight is 409 g/mol. The molecule has 2 heterocycles. The molecule has 27 heavy (non-hydrogen) atoms. The van der Waals surface area contributed by atoms with Gasteiger partial charge < -0.3 is 14.0 Å². The molecule has 0 bridgehead atoms. The molecule has 3 aromatic rings. The van der Waals surface area contributed by atoms with Crippen molar-refractivity contribution in [3.05, 3.63) is 41.4 Å². The van der Waals surface area contributed by atoms with Gasteiger partial charge in [-0.2, -0.15) is 0 Å². The van der Waals surface area contributed by atoms with Crippen molar-refractivity contribution < 1.29 is 22.4 Å². The third kappa shape index (κ3) is 4.25. The minimum atomic E-state index is -3.82. The highest BCUT2D eigenvalue weighted by molar-refractivity contribution is 7.93. The van der Waals surface area contributed by atoms with Crippen molar-refractivity contribution in [3.8, 4) is 22.1 Å². The molecule has 0 saturated carbocycles. The van der Waals surface area contributed by atoms with Gasteiger partial charge in [-0.15, -0.1) is 11.3 Å². The Morgan fingerprint density at radius 1 is 1.15 bits per heavy atom. The van der Waals surface area contributed by atoms with Gasteiger partial charge in [0.15, 0.2) is 5.76 Å². The van der Waals surface area contributed by atoms with Crippen molar-refractivity contribution in [2.24, 2.45) is 0 Å². The second kappa shape index (κ2) is 8.01. The van der Waals surface area contributed by atoms with E-state index in [-0.39, 0.29) is 4.90 Å². The summed E-state index contributed by atoms with van der Waals surface area (Å²) in [6.07, 6.45) is 1.52. The highest BCUT2D eigenvalue weighted by atomic mass is 32.2. The summed E-state index contributed by atoms with van der Waals surface area (Å²) in [6.45, 7) is 6.33. The van der Waals surface area contributed by atoms with Crippen LogP contribution in [-0.4, -0.2) is 26.8 Å².